The van der Waals surface area contributed by atoms with Gasteiger partial charge in [0.1, 0.15) is 0 Å². The number of aromatic nitrogens is 2. The van der Waals surface area contributed by atoms with E-state index in [1.54, 1.807) is 19.4 Å². The molecule has 19 heavy (non-hydrogen) atoms. The van der Waals surface area contributed by atoms with Gasteiger partial charge in [-0.2, -0.15) is 0 Å². The number of carbonyl (C=O) groups is 1. The van der Waals surface area contributed by atoms with Crippen molar-refractivity contribution in [2.24, 2.45) is 0 Å². The molecular formula is C12H13N3O4. The van der Waals surface area contributed by atoms with Gasteiger partial charge in [-0.3, -0.25) is 0 Å². The number of nitrogens with zero attached hydrogens (tertiary/aromatic N) is 2. The minimum Gasteiger partial charge on any atom is -0.481 e. The highest BCUT2D eigenvalue weighted by atomic mass is 16.5. The Morgan fingerprint density at radius 1 is 1.47 bits per heavy atom. The van der Waals surface area contributed by atoms with Gasteiger partial charge < -0.3 is 19.7 Å². The lowest BCUT2D eigenvalue weighted by Crippen LogP contribution is -2.12. The van der Waals surface area contributed by atoms with Crippen LogP contribution in [0.5, 0.6) is 5.88 Å². The third kappa shape index (κ3) is 3.52. The van der Waals surface area contributed by atoms with Crippen molar-refractivity contribution in [1.82, 2.24) is 15.5 Å². The second kappa shape index (κ2) is 5.96. The topological polar surface area (TPSA) is 97.5 Å². The monoisotopic (exact) mass is 263 g/mol. The van der Waals surface area contributed by atoms with Crippen LogP contribution in [0.3, 0.4) is 0 Å². The van der Waals surface area contributed by atoms with Gasteiger partial charge >= 0.3 is 5.97 Å². The summed E-state index contributed by atoms with van der Waals surface area (Å²) in [6.45, 7) is 0.979. The Kier molecular flexibility index (Phi) is 4.09. The maximum Gasteiger partial charge on any atom is 0.358 e. The molecule has 7 heteroatoms. The van der Waals surface area contributed by atoms with E-state index in [9.17, 15) is 4.79 Å². The molecule has 0 amide bonds. The molecule has 0 unspecified atom stereocenters. The molecule has 0 saturated heterocycles. The van der Waals surface area contributed by atoms with E-state index in [1.165, 1.54) is 6.07 Å². The minimum atomic E-state index is -1.10. The average Bonchev–Trinajstić information content (AvgIpc) is 2.89. The van der Waals surface area contributed by atoms with E-state index in [1.807, 2.05) is 6.07 Å². The lowest BCUT2D eigenvalue weighted by molar-refractivity contribution is 0.0685. The molecule has 2 aromatic rings. The van der Waals surface area contributed by atoms with Crippen molar-refractivity contribution < 1.29 is 19.2 Å². The molecule has 0 radical (unpaired) electrons. The number of carboxylic acids is 1. The van der Waals surface area contributed by atoms with Gasteiger partial charge in [-0.1, -0.05) is 11.2 Å². The Morgan fingerprint density at radius 3 is 2.89 bits per heavy atom. The molecule has 2 aromatic heterocycles. The highest BCUT2D eigenvalue weighted by Crippen LogP contribution is 2.07. The summed E-state index contributed by atoms with van der Waals surface area (Å²) in [6, 6.07) is 5.05. The van der Waals surface area contributed by atoms with Crippen LogP contribution in [-0.4, -0.2) is 28.3 Å². The quantitative estimate of drug-likeness (QED) is 0.804. The van der Waals surface area contributed by atoms with Crippen molar-refractivity contribution in [3.05, 3.63) is 41.4 Å². The number of carboxylic acid groups (broad SMARTS) is 1. The molecule has 0 aliphatic carbocycles. The summed E-state index contributed by atoms with van der Waals surface area (Å²) < 4.78 is 9.83. The molecule has 2 rings (SSSR count). The van der Waals surface area contributed by atoms with E-state index >= 15 is 0 Å². The predicted octanol–water partition coefficient (Wildman–Crippen LogP) is 1.07. The van der Waals surface area contributed by atoms with Crippen LogP contribution < -0.4 is 10.1 Å². The molecule has 0 fully saturated rings. The summed E-state index contributed by atoms with van der Waals surface area (Å²) in [5, 5.41) is 15.2. The number of ether oxygens (including phenoxy) is 1. The third-order valence-corrected chi connectivity index (χ3v) is 2.41. The standard InChI is InChI=1S/C12H13N3O4/c1-18-11-3-2-8(6-14-11)5-13-7-9-4-10(12(16)17)15-19-9/h2-4,6,13H,5,7H2,1H3,(H,16,17). The van der Waals surface area contributed by atoms with Gasteiger partial charge in [0, 0.05) is 24.9 Å². The molecule has 0 atom stereocenters. The fourth-order valence-corrected chi connectivity index (χ4v) is 1.46. The Bertz CT molecular complexity index is 550. The van der Waals surface area contributed by atoms with E-state index in [4.69, 9.17) is 14.4 Å². The number of pyridine rings is 1. The minimum absolute atomic E-state index is 0.0945. The Hall–Kier alpha value is -2.41. The van der Waals surface area contributed by atoms with Crippen molar-refractivity contribution in [1.29, 1.82) is 0 Å². The van der Waals surface area contributed by atoms with Crippen LogP contribution in [0.1, 0.15) is 21.8 Å². The van der Waals surface area contributed by atoms with Crippen LogP contribution >= 0.6 is 0 Å². The Labute approximate surface area is 109 Å². The molecule has 100 valence electrons. The first-order chi connectivity index (χ1) is 9.19. The van der Waals surface area contributed by atoms with Crippen LogP contribution in [0.15, 0.2) is 28.9 Å². The van der Waals surface area contributed by atoms with E-state index < -0.39 is 5.97 Å². The highest BCUT2D eigenvalue weighted by molar-refractivity contribution is 5.85. The number of nitrogens with one attached hydrogen (secondary N) is 1. The molecule has 0 saturated carbocycles. The first-order valence-electron chi connectivity index (χ1n) is 5.57. The lowest BCUT2D eigenvalue weighted by Gasteiger charge is -2.03. The molecule has 0 bridgehead atoms. The zero-order chi connectivity index (χ0) is 13.7. The smallest absolute Gasteiger partial charge is 0.358 e. The largest absolute Gasteiger partial charge is 0.481 e. The third-order valence-electron chi connectivity index (χ3n) is 2.41. The average molecular weight is 263 g/mol. The predicted molar refractivity (Wildman–Crippen MR) is 64.8 cm³/mol. The van der Waals surface area contributed by atoms with Crippen LogP contribution in [0.2, 0.25) is 0 Å². The van der Waals surface area contributed by atoms with Crippen molar-refractivity contribution in [3.8, 4) is 5.88 Å². The first kappa shape index (κ1) is 13.0. The molecule has 0 aliphatic heterocycles. The molecule has 2 N–H and O–H groups in total. The normalized spacial score (nSPS) is 10.4. The summed E-state index contributed by atoms with van der Waals surface area (Å²) in [4.78, 5) is 14.7. The number of methoxy groups -OCH3 is 1. The van der Waals surface area contributed by atoms with Gasteiger partial charge in [-0.15, -0.1) is 0 Å². The zero-order valence-corrected chi connectivity index (χ0v) is 10.3. The van der Waals surface area contributed by atoms with Gasteiger partial charge in [0.15, 0.2) is 11.5 Å². The maximum atomic E-state index is 10.6. The van der Waals surface area contributed by atoms with Crippen LogP contribution in [0.25, 0.3) is 0 Å². The number of rotatable bonds is 6. The number of aromatic carboxylic acids is 1. The Morgan fingerprint density at radius 2 is 2.32 bits per heavy atom. The van der Waals surface area contributed by atoms with Gasteiger partial charge in [-0.05, 0) is 5.56 Å². The summed E-state index contributed by atoms with van der Waals surface area (Å²) >= 11 is 0. The van der Waals surface area contributed by atoms with Crippen molar-refractivity contribution in [2.45, 2.75) is 13.1 Å². The van der Waals surface area contributed by atoms with Crippen LogP contribution in [0.4, 0.5) is 0 Å². The fourth-order valence-electron chi connectivity index (χ4n) is 1.46. The van der Waals surface area contributed by atoms with Crippen molar-refractivity contribution in [2.75, 3.05) is 7.11 Å². The zero-order valence-electron chi connectivity index (χ0n) is 10.3. The summed E-state index contributed by atoms with van der Waals surface area (Å²) in [5.74, 6) is -0.0710. The first-order valence-corrected chi connectivity index (χ1v) is 5.57. The fraction of sp³-hybridized carbons (Fsp3) is 0.250. The van der Waals surface area contributed by atoms with Gasteiger partial charge in [0.2, 0.25) is 5.88 Å². The molecule has 0 aromatic carbocycles. The van der Waals surface area contributed by atoms with Crippen molar-refractivity contribution in [3.63, 3.8) is 0 Å². The van der Waals surface area contributed by atoms with E-state index in [2.05, 4.69) is 15.5 Å². The lowest BCUT2D eigenvalue weighted by atomic mass is 10.3. The van der Waals surface area contributed by atoms with Gasteiger partial charge in [0.05, 0.1) is 13.7 Å². The number of hydrogen-bond acceptors (Lipinski definition) is 6. The molecule has 0 aliphatic rings. The van der Waals surface area contributed by atoms with Crippen molar-refractivity contribution >= 4 is 5.97 Å². The molecular weight excluding hydrogens is 250 g/mol. The van der Waals surface area contributed by atoms with E-state index in [0.29, 0.717) is 24.7 Å². The summed E-state index contributed by atoms with van der Waals surface area (Å²) in [5.41, 5.74) is 0.890. The second-order valence-electron chi connectivity index (χ2n) is 3.80. The molecule has 0 spiro atoms. The molecule has 7 nitrogen and oxygen atoms in total. The van der Waals surface area contributed by atoms with Crippen LogP contribution in [-0.2, 0) is 13.1 Å². The van der Waals surface area contributed by atoms with E-state index in [0.717, 1.165) is 5.56 Å². The van der Waals surface area contributed by atoms with Crippen LogP contribution in [0, 0.1) is 0 Å². The highest BCUT2D eigenvalue weighted by Gasteiger charge is 2.09. The Balaban J connectivity index is 1.83. The summed E-state index contributed by atoms with van der Waals surface area (Å²) in [6.07, 6.45) is 1.70. The molecule has 2 heterocycles. The second-order valence-corrected chi connectivity index (χ2v) is 3.80. The van der Waals surface area contributed by atoms with Gasteiger partial charge in [-0.25, -0.2) is 9.78 Å². The van der Waals surface area contributed by atoms with Gasteiger partial charge in [0.25, 0.3) is 0 Å². The number of hydrogen-bond donors (Lipinski definition) is 2. The van der Waals surface area contributed by atoms with E-state index in [-0.39, 0.29) is 5.69 Å². The SMILES string of the molecule is COc1ccc(CNCc2cc(C(=O)O)no2)cn1. The maximum absolute atomic E-state index is 10.6. The summed E-state index contributed by atoms with van der Waals surface area (Å²) in [7, 11) is 1.56.